The molecule has 0 unspecified atom stereocenters. The lowest BCUT2D eigenvalue weighted by molar-refractivity contribution is 0.719. The van der Waals surface area contributed by atoms with E-state index in [0.717, 1.165) is 30.5 Å². The van der Waals surface area contributed by atoms with Crippen molar-refractivity contribution < 1.29 is 0 Å². The fraction of sp³-hybridized carbons (Fsp3) is 0.294. The van der Waals surface area contributed by atoms with Gasteiger partial charge in [0, 0.05) is 29.8 Å². The normalized spacial score (nSPS) is 14.2. The summed E-state index contributed by atoms with van der Waals surface area (Å²) >= 11 is 3.60. The Morgan fingerprint density at radius 2 is 1.95 bits per heavy atom. The Hall–Kier alpha value is -1.32. The van der Waals surface area contributed by atoms with Gasteiger partial charge in [-0.2, -0.15) is 0 Å². The number of rotatable bonds is 3. The summed E-state index contributed by atoms with van der Waals surface area (Å²) in [5, 5.41) is 3.26. The highest BCUT2D eigenvalue weighted by Gasteiger charge is 2.18. The van der Waals surface area contributed by atoms with E-state index >= 15 is 0 Å². The van der Waals surface area contributed by atoms with Crippen LogP contribution in [0.5, 0.6) is 0 Å². The van der Waals surface area contributed by atoms with Crippen LogP contribution in [0.25, 0.3) is 0 Å². The number of benzene rings is 2. The molecule has 0 saturated carbocycles. The maximum Gasteiger partial charge on any atom is 0.0432 e. The van der Waals surface area contributed by atoms with Gasteiger partial charge >= 0.3 is 0 Å². The Kier molecular flexibility index (Phi) is 4.08. The summed E-state index contributed by atoms with van der Waals surface area (Å²) in [5.74, 6) is 0. The van der Waals surface area contributed by atoms with Crippen molar-refractivity contribution in [2.24, 2.45) is 0 Å². The van der Waals surface area contributed by atoms with Crippen LogP contribution in [0.15, 0.2) is 46.9 Å². The number of fused-ring (bicyclic) bond motifs is 1. The second kappa shape index (κ2) is 5.98. The Labute approximate surface area is 128 Å². The molecule has 0 amide bonds. The van der Waals surface area contributed by atoms with Crippen molar-refractivity contribution >= 4 is 21.6 Å². The first kappa shape index (κ1) is 13.7. The highest BCUT2D eigenvalue weighted by atomic mass is 79.9. The molecule has 1 heterocycles. The van der Waals surface area contributed by atoms with E-state index in [2.05, 4.69) is 68.6 Å². The molecule has 0 fully saturated rings. The zero-order chi connectivity index (χ0) is 13.9. The molecule has 3 heteroatoms. The average Bonchev–Trinajstić information content (AvgIpc) is 2.49. The first-order valence-electron chi connectivity index (χ1n) is 7.02. The molecule has 0 saturated heterocycles. The van der Waals surface area contributed by atoms with Gasteiger partial charge in [0.1, 0.15) is 0 Å². The summed E-state index contributed by atoms with van der Waals surface area (Å²) in [7, 11) is 2.00. The summed E-state index contributed by atoms with van der Waals surface area (Å²) in [4.78, 5) is 2.49. The predicted molar refractivity (Wildman–Crippen MR) is 88.1 cm³/mol. The van der Waals surface area contributed by atoms with Crippen molar-refractivity contribution in [1.82, 2.24) is 5.32 Å². The zero-order valence-corrected chi connectivity index (χ0v) is 13.3. The molecule has 1 aliphatic rings. The van der Waals surface area contributed by atoms with E-state index in [4.69, 9.17) is 0 Å². The largest absolute Gasteiger partial charge is 0.367 e. The van der Waals surface area contributed by atoms with Gasteiger partial charge in [0.25, 0.3) is 0 Å². The fourth-order valence-electron chi connectivity index (χ4n) is 2.87. The summed E-state index contributed by atoms with van der Waals surface area (Å²) in [6.07, 6.45) is 1.13. The van der Waals surface area contributed by atoms with Crippen molar-refractivity contribution in [3.63, 3.8) is 0 Å². The smallest absolute Gasteiger partial charge is 0.0432 e. The minimum atomic E-state index is 0.904. The first-order valence-corrected chi connectivity index (χ1v) is 7.82. The van der Waals surface area contributed by atoms with E-state index in [1.807, 2.05) is 7.05 Å². The van der Waals surface area contributed by atoms with Crippen molar-refractivity contribution in [3.8, 4) is 0 Å². The van der Waals surface area contributed by atoms with Gasteiger partial charge in [0.2, 0.25) is 0 Å². The van der Waals surface area contributed by atoms with Crippen LogP contribution < -0.4 is 10.2 Å². The van der Waals surface area contributed by atoms with Gasteiger partial charge in [-0.25, -0.2) is 0 Å². The number of halogens is 1. The van der Waals surface area contributed by atoms with Gasteiger partial charge in [0.05, 0.1) is 0 Å². The molecule has 0 atom stereocenters. The van der Waals surface area contributed by atoms with E-state index in [0.29, 0.717) is 0 Å². The highest BCUT2D eigenvalue weighted by Crippen LogP contribution is 2.29. The Bertz CT molecular complexity index is 610. The molecular formula is C17H19BrN2. The van der Waals surface area contributed by atoms with E-state index in [1.165, 1.54) is 22.4 Å². The van der Waals surface area contributed by atoms with Crippen LogP contribution in [0.3, 0.4) is 0 Å². The minimum Gasteiger partial charge on any atom is -0.367 e. The molecule has 104 valence electrons. The number of nitrogens with one attached hydrogen (secondary N) is 1. The van der Waals surface area contributed by atoms with Crippen LogP contribution in [0.4, 0.5) is 5.69 Å². The molecule has 0 bridgehead atoms. The fourth-order valence-corrected chi connectivity index (χ4v) is 3.22. The number of hydrogen-bond donors (Lipinski definition) is 1. The maximum absolute atomic E-state index is 3.60. The Morgan fingerprint density at radius 1 is 1.15 bits per heavy atom. The van der Waals surface area contributed by atoms with Crippen molar-refractivity contribution in [1.29, 1.82) is 0 Å². The second-order valence-electron chi connectivity index (χ2n) is 5.24. The van der Waals surface area contributed by atoms with Crippen LogP contribution in [0, 0.1) is 0 Å². The lowest BCUT2D eigenvalue weighted by Gasteiger charge is -2.32. The third-order valence-electron chi connectivity index (χ3n) is 3.89. The lowest BCUT2D eigenvalue weighted by atomic mass is 9.98. The molecule has 2 aromatic rings. The lowest BCUT2D eigenvalue weighted by Crippen LogP contribution is -2.31. The van der Waals surface area contributed by atoms with Gasteiger partial charge in [0.15, 0.2) is 0 Å². The van der Waals surface area contributed by atoms with E-state index in [-0.39, 0.29) is 0 Å². The minimum absolute atomic E-state index is 0.904. The molecule has 0 aliphatic carbocycles. The first-order chi connectivity index (χ1) is 9.78. The molecule has 0 radical (unpaired) electrons. The second-order valence-corrected chi connectivity index (χ2v) is 6.16. The maximum atomic E-state index is 3.60. The molecule has 20 heavy (non-hydrogen) atoms. The third-order valence-corrected chi connectivity index (χ3v) is 4.38. The number of anilines is 1. The van der Waals surface area contributed by atoms with E-state index in [1.54, 1.807) is 0 Å². The molecule has 3 rings (SSSR count). The molecule has 0 spiro atoms. The highest BCUT2D eigenvalue weighted by molar-refractivity contribution is 9.10. The summed E-state index contributed by atoms with van der Waals surface area (Å²) in [6.45, 7) is 2.99. The van der Waals surface area contributed by atoms with Crippen LogP contribution in [0.2, 0.25) is 0 Å². The van der Waals surface area contributed by atoms with Crippen LogP contribution in [-0.2, 0) is 19.5 Å². The molecule has 0 aromatic heterocycles. The average molecular weight is 331 g/mol. The third kappa shape index (κ3) is 2.74. The van der Waals surface area contributed by atoms with Gasteiger partial charge in [-0.05, 0) is 42.3 Å². The molecule has 2 aromatic carbocycles. The summed E-state index contributed by atoms with van der Waals surface area (Å²) in [5.41, 5.74) is 5.64. The molecule has 1 N–H and O–H groups in total. The van der Waals surface area contributed by atoms with Gasteiger partial charge in [-0.15, -0.1) is 0 Å². The van der Waals surface area contributed by atoms with E-state index < -0.39 is 0 Å². The molecule has 1 aliphatic heterocycles. The number of hydrogen-bond acceptors (Lipinski definition) is 2. The Balaban J connectivity index is 1.92. The van der Waals surface area contributed by atoms with Gasteiger partial charge in [-0.3, -0.25) is 0 Å². The van der Waals surface area contributed by atoms with Crippen molar-refractivity contribution in [2.45, 2.75) is 19.5 Å². The standard InChI is InChI=1S/C17H19BrN2/c1-19-11-14-6-7-16(18)10-17(14)20-9-8-13-4-2-3-5-15(13)12-20/h2-7,10,19H,8-9,11-12H2,1H3. The Morgan fingerprint density at radius 3 is 2.75 bits per heavy atom. The molecular weight excluding hydrogens is 312 g/mol. The van der Waals surface area contributed by atoms with Gasteiger partial charge < -0.3 is 10.2 Å². The summed E-state index contributed by atoms with van der Waals surface area (Å²) in [6, 6.07) is 15.3. The monoisotopic (exact) mass is 330 g/mol. The zero-order valence-electron chi connectivity index (χ0n) is 11.7. The van der Waals surface area contributed by atoms with E-state index in [9.17, 15) is 0 Å². The summed E-state index contributed by atoms with van der Waals surface area (Å²) < 4.78 is 1.14. The van der Waals surface area contributed by atoms with Crippen LogP contribution in [0.1, 0.15) is 16.7 Å². The predicted octanol–water partition coefficient (Wildman–Crippen LogP) is 3.73. The quantitative estimate of drug-likeness (QED) is 0.922. The molecule has 2 nitrogen and oxygen atoms in total. The van der Waals surface area contributed by atoms with Crippen molar-refractivity contribution in [2.75, 3.05) is 18.5 Å². The van der Waals surface area contributed by atoms with Crippen LogP contribution >= 0.6 is 15.9 Å². The SMILES string of the molecule is CNCc1ccc(Br)cc1N1CCc2ccccc2C1. The van der Waals surface area contributed by atoms with Crippen LogP contribution in [-0.4, -0.2) is 13.6 Å². The van der Waals surface area contributed by atoms with Gasteiger partial charge in [-0.1, -0.05) is 46.3 Å². The number of nitrogens with zero attached hydrogens (tertiary/aromatic N) is 1. The topological polar surface area (TPSA) is 15.3 Å². The van der Waals surface area contributed by atoms with Crippen molar-refractivity contribution in [3.05, 3.63) is 63.6 Å².